The van der Waals surface area contributed by atoms with Crippen molar-refractivity contribution in [3.63, 3.8) is 0 Å². The zero-order valence-electron chi connectivity index (χ0n) is 10.5. The van der Waals surface area contributed by atoms with Crippen molar-refractivity contribution >= 4 is 32.6 Å². The molecule has 0 aromatic heterocycles. The first-order valence-corrected chi connectivity index (χ1v) is 9.78. The first kappa shape index (κ1) is 15.7. The van der Waals surface area contributed by atoms with Gasteiger partial charge in [-0.2, -0.15) is 0 Å². The molecule has 0 unspecified atom stereocenters. The van der Waals surface area contributed by atoms with E-state index in [1.165, 1.54) is 23.7 Å². The highest BCUT2D eigenvalue weighted by molar-refractivity contribution is 14.1. The highest BCUT2D eigenvalue weighted by atomic mass is 127. The molecular formula is C12H24INO2S. The molecule has 102 valence electrons. The van der Waals surface area contributed by atoms with Crippen molar-refractivity contribution in [3.05, 3.63) is 0 Å². The monoisotopic (exact) mass is 373 g/mol. The minimum atomic E-state index is -3.03. The number of alkyl halides is 1. The van der Waals surface area contributed by atoms with Crippen LogP contribution in [0.2, 0.25) is 0 Å². The van der Waals surface area contributed by atoms with Crippen LogP contribution >= 0.6 is 22.6 Å². The zero-order chi connectivity index (χ0) is 12.6. The van der Waals surface area contributed by atoms with E-state index in [9.17, 15) is 8.42 Å². The quantitative estimate of drug-likeness (QED) is 0.403. The van der Waals surface area contributed by atoms with Gasteiger partial charge in [0.15, 0.2) is 0 Å². The second-order valence-electron chi connectivity index (χ2n) is 4.80. The van der Waals surface area contributed by atoms with Crippen molar-refractivity contribution in [1.82, 2.24) is 4.72 Å². The van der Waals surface area contributed by atoms with E-state index in [1.807, 2.05) is 0 Å². The van der Waals surface area contributed by atoms with Crippen molar-refractivity contribution in [2.24, 2.45) is 0 Å². The first-order chi connectivity index (χ1) is 8.17. The number of rotatable bonds is 8. The SMILES string of the molecule is O=S(=O)(NCCCCCCI)C1CCCCC1. The van der Waals surface area contributed by atoms with E-state index in [1.54, 1.807) is 0 Å². The molecule has 1 saturated carbocycles. The van der Waals surface area contributed by atoms with E-state index in [0.29, 0.717) is 6.54 Å². The Hall–Kier alpha value is 0.640. The van der Waals surface area contributed by atoms with Crippen molar-refractivity contribution in [1.29, 1.82) is 0 Å². The summed E-state index contributed by atoms with van der Waals surface area (Å²) in [5, 5.41) is -0.120. The molecule has 1 fully saturated rings. The lowest BCUT2D eigenvalue weighted by molar-refractivity contribution is 0.476. The Morgan fingerprint density at radius 2 is 1.65 bits per heavy atom. The van der Waals surface area contributed by atoms with Crippen LogP contribution in [0.15, 0.2) is 0 Å². The molecule has 1 aliphatic carbocycles. The van der Waals surface area contributed by atoms with E-state index in [4.69, 9.17) is 0 Å². The summed E-state index contributed by atoms with van der Waals surface area (Å²) >= 11 is 2.38. The summed E-state index contributed by atoms with van der Waals surface area (Å²) in [6.07, 6.45) is 9.61. The van der Waals surface area contributed by atoms with E-state index in [0.717, 1.165) is 38.5 Å². The van der Waals surface area contributed by atoms with Crippen LogP contribution in [0, 0.1) is 0 Å². The second-order valence-corrected chi connectivity index (χ2v) is 7.93. The van der Waals surface area contributed by atoms with Crippen molar-refractivity contribution < 1.29 is 8.42 Å². The summed E-state index contributed by atoms with van der Waals surface area (Å²) in [6.45, 7) is 0.625. The molecule has 1 rings (SSSR count). The minimum Gasteiger partial charge on any atom is -0.215 e. The maximum absolute atomic E-state index is 12.0. The van der Waals surface area contributed by atoms with Crippen molar-refractivity contribution in [2.75, 3.05) is 11.0 Å². The summed E-state index contributed by atoms with van der Waals surface area (Å²) in [5.74, 6) is 0. The standard InChI is InChI=1S/C12H24INO2S/c13-10-6-1-2-7-11-14-17(15,16)12-8-4-3-5-9-12/h12,14H,1-11H2. The van der Waals surface area contributed by atoms with Gasteiger partial charge in [0.25, 0.3) is 0 Å². The van der Waals surface area contributed by atoms with E-state index < -0.39 is 10.0 Å². The Morgan fingerprint density at radius 3 is 2.29 bits per heavy atom. The highest BCUT2D eigenvalue weighted by Gasteiger charge is 2.26. The summed E-state index contributed by atoms with van der Waals surface area (Å²) in [6, 6.07) is 0. The average Bonchev–Trinajstić information content (AvgIpc) is 2.35. The van der Waals surface area contributed by atoms with E-state index in [-0.39, 0.29) is 5.25 Å². The summed E-state index contributed by atoms with van der Waals surface area (Å²) < 4.78 is 27.9. The van der Waals surface area contributed by atoms with Gasteiger partial charge in [-0.25, -0.2) is 13.1 Å². The number of hydrogen-bond donors (Lipinski definition) is 1. The Bertz CT molecular complexity index is 287. The third-order valence-electron chi connectivity index (χ3n) is 3.35. The molecule has 17 heavy (non-hydrogen) atoms. The molecule has 3 nitrogen and oxygen atoms in total. The summed E-state index contributed by atoms with van der Waals surface area (Å²) in [7, 11) is -3.03. The number of hydrogen-bond acceptors (Lipinski definition) is 2. The van der Waals surface area contributed by atoms with Gasteiger partial charge in [0.2, 0.25) is 10.0 Å². The third kappa shape index (κ3) is 6.38. The van der Waals surface area contributed by atoms with E-state index in [2.05, 4.69) is 27.3 Å². The minimum absolute atomic E-state index is 0.120. The van der Waals surface area contributed by atoms with Crippen molar-refractivity contribution in [3.8, 4) is 0 Å². The molecular weight excluding hydrogens is 349 g/mol. The normalized spacial score (nSPS) is 18.4. The number of halogens is 1. The van der Waals surface area contributed by atoms with Gasteiger partial charge in [-0.15, -0.1) is 0 Å². The van der Waals surface area contributed by atoms with Gasteiger partial charge >= 0.3 is 0 Å². The van der Waals surface area contributed by atoms with Crippen LogP contribution in [0.25, 0.3) is 0 Å². The van der Waals surface area contributed by atoms with Gasteiger partial charge in [0, 0.05) is 6.54 Å². The average molecular weight is 373 g/mol. The summed E-state index contributed by atoms with van der Waals surface area (Å²) in [5.41, 5.74) is 0. The fourth-order valence-corrected chi connectivity index (χ4v) is 4.44. The molecule has 0 saturated heterocycles. The van der Waals surface area contributed by atoms with Gasteiger partial charge in [0.1, 0.15) is 0 Å². The lowest BCUT2D eigenvalue weighted by Crippen LogP contribution is -2.36. The first-order valence-electron chi connectivity index (χ1n) is 6.71. The molecule has 5 heteroatoms. The highest BCUT2D eigenvalue weighted by Crippen LogP contribution is 2.22. The Morgan fingerprint density at radius 1 is 1.00 bits per heavy atom. The summed E-state index contributed by atoms with van der Waals surface area (Å²) in [4.78, 5) is 0. The van der Waals surface area contributed by atoms with Crippen LogP contribution in [0.5, 0.6) is 0 Å². The molecule has 0 radical (unpaired) electrons. The number of sulfonamides is 1. The maximum Gasteiger partial charge on any atom is 0.214 e. The molecule has 0 spiro atoms. The Kier molecular flexibility index (Phi) is 8.03. The van der Waals surface area contributed by atoms with Crippen LogP contribution in [0.1, 0.15) is 57.8 Å². The predicted molar refractivity (Wildman–Crippen MR) is 81.2 cm³/mol. The molecule has 0 aromatic rings. The van der Waals surface area contributed by atoms with Gasteiger partial charge in [0.05, 0.1) is 5.25 Å². The second kappa shape index (κ2) is 8.69. The van der Waals surface area contributed by atoms with Crippen molar-refractivity contribution in [2.45, 2.75) is 63.0 Å². The lowest BCUT2D eigenvalue weighted by atomic mass is 10.0. The molecule has 0 aromatic carbocycles. The molecule has 0 bridgehead atoms. The van der Waals surface area contributed by atoms with Crippen LogP contribution in [-0.2, 0) is 10.0 Å². The van der Waals surface area contributed by atoms with Crippen LogP contribution < -0.4 is 4.72 Å². The largest absolute Gasteiger partial charge is 0.215 e. The van der Waals surface area contributed by atoms with Crippen LogP contribution in [0.3, 0.4) is 0 Å². The molecule has 0 amide bonds. The molecule has 0 aliphatic heterocycles. The smallest absolute Gasteiger partial charge is 0.214 e. The Balaban J connectivity index is 2.15. The van der Waals surface area contributed by atoms with Gasteiger partial charge in [-0.05, 0) is 30.1 Å². The van der Waals surface area contributed by atoms with Gasteiger partial charge in [-0.3, -0.25) is 0 Å². The van der Waals surface area contributed by atoms with Gasteiger partial charge in [-0.1, -0.05) is 54.7 Å². The third-order valence-corrected chi connectivity index (χ3v) is 6.07. The fraction of sp³-hybridized carbons (Fsp3) is 1.00. The van der Waals surface area contributed by atoms with E-state index >= 15 is 0 Å². The number of nitrogens with one attached hydrogen (secondary N) is 1. The van der Waals surface area contributed by atoms with Crippen LogP contribution in [-0.4, -0.2) is 24.6 Å². The molecule has 0 heterocycles. The lowest BCUT2D eigenvalue weighted by Gasteiger charge is -2.21. The van der Waals surface area contributed by atoms with Crippen LogP contribution in [0.4, 0.5) is 0 Å². The Labute approximate surface area is 119 Å². The molecule has 0 atom stereocenters. The fourth-order valence-electron chi connectivity index (χ4n) is 2.28. The topological polar surface area (TPSA) is 46.2 Å². The molecule has 1 N–H and O–H groups in total. The predicted octanol–water partition coefficient (Wildman–Crippen LogP) is 3.23. The van der Waals surface area contributed by atoms with Gasteiger partial charge < -0.3 is 0 Å². The maximum atomic E-state index is 12.0. The molecule has 1 aliphatic rings. The zero-order valence-corrected chi connectivity index (χ0v) is 13.4. The number of unbranched alkanes of at least 4 members (excludes halogenated alkanes) is 3.